The minimum Gasteiger partial charge on any atom is -0.378 e. The average Bonchev–Trinajstić information content (AvgIpc) is 3.03. The van der Waals surface area contributed by atoms with Crippen molar-refractivity contribution in [3.8, 4) is 0 Å². The van der Waals surface area contributed by atoms with Crippen molar-refractivity contribution >= 4 is 10.8 Å². The van der Waals surface area contributed by atoms with E-state index in [1.807, 2.05) is 30.3 Å². The summed E-state index contributed by atoms with van der Waals surface area (Å²) in [4.78, 5) is 0. The van der Waals surface area contributed by atoms with Gasteiger partial charge in [-0.25, -0.2) is 4.39 Å². The first-order valence-corrected chi connectivity index (χ1v) is 7.54. The minimum atomic E-state index is -0.191. The Balaban J connectivity index is 1.84. The molecule has 0 aliphatic carbocycles. The highest BCUT2D eigenvalue weighted by Crippen LogP contribution is 2.30. The molecule has 0 spiro atoms. The van der Waals surface area contributed by atoms with Gasteiger partial charge in [0.15, 0.2) is 0 Å². The third kappa shape index (κ3) is 3.07. The van der Waals surface area contributed by atoms with E-state index in [9.17, 15) is 4.39 Å². The number of nitrogens with one attached hydrogen (secondary N) is 1. The highest BCUT2D eigenvalue weighted by atomic mass is 19.1. The summed E-state index contributed by atoms with van der Waals surface area (Å²) in [6.07, 6.45) is 4.47. The molecule has 1 aliphatic heterocycles. The molecule has 2 aromatic carbocycles. The molecule has 21 heavy (non-hydrogen) atoms. The summed E-state index contributed by atoms with van der Waals surface area (Å²) in [6, 6.07) is 10.9. The van der Waals surface area contributed by atoms with Crippen molar-refractivity contribution in [2.75, 3.05) is 6.61 Å². The second-order valence-corrected chi connectivity index (χ2v) is 5.61. The molecule has 0 bridgehead atoms. The van der Waals surface area contributed by atoms with Gasteiger partial charge in [-0.1, -0.05) is 30.3 Å². The van der Waals surface area contributed by atoms with E-state index < -0.39 is 0 Å². The van der Waals surface area contributed by atoms with Crippen molar-refractivity contribution in [2.45, 2.75) is 37.8 Å². The monoisotopic (exact) mass is 288 g/mol. The largest absolute Gasteiger partial charge is 0.378 e. The van der Waals surface area contributed by atoms with Crippen LogP contribution in [-0.4, -0.2) is 12.7 Å². The second kappa shape index (κ2) is 6.52. The van der Waals surface area contributed by atoms with Crippen LogP contribution in [-0.2, 0) is 4.74 Å². The Morgan fingerprint density at radius 2 is 2.05 bits per heavy atom. The van der Waals surface area contributed by atoms with E-state index in [4.69, 9.17) is 10.6 Å². The summed E-state index contributed by atoms with van der Waals surface area (Å²) in [5.41, 5.74) is 3.92. The Morgan fingerprint density at radius 1 is 1.24 bits per heavy atom. The quantitative estimate of drug-likeness (QED) is 0.654. The molecular formula is C17H21FN2O. The molecule has 1 fully saturated rings. The maximum atomic E-state index is 13.9. The lowest BCUT2D eigenvalue weighted by Gasteiger charge is -2.20. The van der Waals surface area contributed by atoms with Gasteiger partial charge in [0.2, 0.25) is 0 Å². The van der Waals surface area contributed by atoms with Gasteiger partial charge >= 0.3 is 0 Å². The fourth-order valence-corrected chi connectivity index (χ4v) is 3.14. The van der Waals surface area contributed by atoms with Crippen LogP contribution >= 0.6 is 0 Å². The lowest BCUT2D eigenvalue weighted by molar-refractivity contribution is 0.0996. The molecule has 4 heteroatoms. The van der Waals surface area contributed by atoms with Crippen molar-refractivity contribution in [2.24, 2.45) is 5.84 Å². The van der Waals surface area contributed by atoms with Gasteiger partial charge in [0, 0.05) is 18.0 Å². The van der Waals surface area contributed by atoms with E-state index in [-0.39, 0.29) is 11.9 Å². The molecule has 1 heterocycles. The highest BCUT2D eigenvalue weighted by molar-refractivity contribution is 5.86. The van der Waals surface area contributed by atoms with E-state index in [0.717, 1.165) is 43.2 Å². The average molecular weight is 288 g/mol. The summed E-state index contributed by atoms with van der Waals surface area (Å²) in [5.74, 6) is 5.54. The smallest absolute Gasteiger partial charge is 0.131 e. The van der Waals surface area contributed by atoms with Crippen LogP contribution in [0.5, 0.6) is 0 Å². The lowest BCUT2D eigenvalue weighted by Crippen LogP contribution is -2.29. The molecule has 112 valence electrons. The van der Waals surface area contributed by atoms with Gasteiger partial charge in [0.05, 0.1) is 6.10 Å². The molecule has 3 rings (SSSR count). The van der Waals surface area contributed by atoms with Crippen LogP contribution in [0.15, 0.2) is 36.4 Å². The third-order valence-electron chi connectivity index (χ3n) is 4.28. The summed E-state index contributed by atoms with van der Waals surface area (Å²) < 4.78 is 19.6. The number of ether oxygens (including phenoxy) is 1. The molecule has 3 nitrogen and oxygen atoms in total. The number of hydrogen-bond acceptors (Lipinski definition) is 3. The molecule has 0 aromatic heterocycles. The topological polar surface area (TPSA) is 47.3 Å². The highest BCUT2D eigenvalue weighted by Gasteiger charge is 2.20. The molecular weight excluding hydrogens is 267 g/mol. The summed E-state index contributed by atoms with van der Waals surface area (Å²) in [6.45, 7) is 0.866. The summed E-state index contributed by atoms with van der Waals surface area (Å²) in [7, 11) is 0. The van der Waals surface area contributed by atoms with Crippen LogP contribution in [0, 0.1) is 5.82 Å². The number of halogens is 1. The summed E-state index contributed by atoms with van der Waals surface area (Å²) in [5, 5.41) is 1.57. The van der Waals surface area contributed by atoms with Gasteiger partial charge < -0.3 is 4.74 Å². The van der Waals surface area contributed by atoms with Crippen LogP contribution in [0.2, 0.25) is 0 Å². The number of hydrazine groups is 1. The molecule has 3 N–H and O–H groups in total. The van der Waals surface area contributed by atoms with Crippen LogP contribution in [0.4, 0.5) is 4.39 Å². The molecule has 0 radical (unpaired) electrons. The second-order valence-electron chi connectivity index (χ2n) is 5.61. The molecule has 1 saturated heterocycles. The summed E-state index contributed by atoms with van der Waals surface area (Å²) >= 11 is 0. The van der Waals surface area contributed by atoms with E-state index in [0.29, 0.717) is 11.5 Å². The SMILES string of the molecule is NNC(CCC1CCCO1)c1ccc(F)c2ccccc12. The third-order valence-corrected chi connectivity index (χ3v) is 4.28. The standard InChI is InChI=1S/C17H21FN2O/c18-16-9-8-15(13-5-1-2-6-14(13)16)17(20-19)10-7-12-4-3-11-21-12/h1-2,5-6,8-9,12,17,20H,3-4,7,10-11,19H2. The first-order valence-electron chi connectivity index (χ1n) is 7.54. The van der Waals surface area contributed by atoms with Crippen molar-refractivity contribution in [3.63, 3.8) is 0 Å². The van der Waals surface area contributed by atoms with Crippen molar-refractivity contribution < 1.29 is 9.13 Å². The Bertz CT molecular complexity index is 611. The molecule has 2 atom stereocenters. The zero-order chi connectivity index (χ0) is 14.7. The normalized spacial score (nSPS) is 20.0. The number of benzene rings is 2. The zero-order valence-electron chi connectivity index (χ0n) is 12.0. The van der Waals surface area contributed by atoms with E-state index >= 15 is 0 Å². The first kappa shape index (κ1) is 14.4. The van der Waals surface area contributed by atoms with E-state index in [1.54, 1.807) is 0 Å². The Hall–Kier alpha value is -1.49. The predicted molar refractivity (Wildman–Crippen MR) is 82.2 cm³/mol. The van der Waals surface area contributed by atoms with Gasteiger partial charge in [-0.3, -0.25) is 11.3 Å². The molecule has 0 amide bonds. The first-order chi connectivity index (χ1) is 10.3. The predicted octanol–water partition coefficient (Wildman–Crippen LogP) is 3.44. The van der Waals surface area contributed by atoms with Gasteiger partial charge in [-0.2, -0.15) is 0 Å². The number of rotatable bonds is 5. The number of hydrogen-bond donors (Lipinski definition) is 2. The van der Waals surface area contributed by atoms with Gasteiger partial charge in [0.25, 0.3) is 0 Å². The Labute approximate surface area is 124 Å². The van der Waals surface area contributed by atoms with Crippen LogP contribution in [0.25, 0.3) is 10.8 Å². The number of fused-ring (bicyclic) bond motifs is 1. The van der Waals surface area contributed by atoms with E-state index in [2.05, 4.69) is 5.43 Å². The molecule has 0 saturated carbocycles. The van der Waals surface area contributed by atoms with Crippen LogP contribution < -0.4 is 11.3 Å². The van der Waals surface area contributed by atoms with Gasteiger partial charge in [0.1, 0.15) is 5.82 Å². The maximum Gasteiger partial charge on any atom is 0.131 e. The Kier molecular flexibility index (Phi) is 4.48. The Morgan fingerprint density at radius 3 is 2.76 bits per heavy atom. The molecule has 2 aromatic rings. The lowest BCUT2D eigenvalue weighted by atomic mass is 9.94. The van der Waals surface area contributed by atoms with Gasteiger partial charge in [-0.15, -0.1) is 0 Å². The van der Waals surface area contributed by atoms with Gasteiger partial charge in [-0.05, 0) is 42.7 Å². The number of nitrogens with two attached hydrogens (primary N) is 1. The fourth-order valence-electron chi connectivity index (χ4n) is 3.14. The van der Waals surface area contributed by atoms with Crippen molar-refractivity contribution in [1.82, 2.24) is 5.43 Å². The minimum absolute atomic E-state index is 0.0136. The molecule has 2 unspecified atom stereocenters. The fraction of sp³-hybridized carbons (Fsp3) is 0.412. The van der Waals surface area contributed by atoms with Crippen LogP contribution in [0.1, 0.15) is 37.3 Å². The van der Waals surface area contributed by atoms with Crippen molar-refractivity contribution in [1.29, 1.82) is 0 Å². The molecule has 1 aliphatic rings. The van der Waals surface area contributed by atoms with E-state index in [1.165, 1.54) is 6.07 Å². The van der Waals surface area contributed by atoms with Crippen LogP contribution in [0.3, 0.4) is 0 Å². The van der Waals surface area contributed by atoms with Crippen molar-refractivity contribution in [3.05, 3.63) is 47.8 Å². The maximum absolute atomic E-state index is 13.9. The zero-order valence-corrected chi connectivity index (χ0v) is 12.0.